The fourth-order valence-electron chi connectivity index (χ4n) is 4.44. The Labute approximate surface area is 244 Å². The van der Waals surface area contributed by atoms with E-state index in [0.717, 1.165) is 71.7 Å². The molecule has 1 fully saturated rings. The van der Waals surface area contributed by atoms with Crippen molar-refractivity contribution in [2.45, 2.75) is 31.8 Å². The maximum absolute atomic E-state index is 12.6. The van der Waals surface area contributed by atoms with Crippen LogP contribution in [0.25, 0.3) is 11.1 Å². The fraction of sp³-hybridized carbons (Fsp3) is 0.310. The van der Waals surface area contributed by atoms with Crippen molar-refractivity contribution in [3.8, 4) is 11.1 Å². The van der Waals surface area contributed by atoms with Gasteiger partial charge in [-0.3, -0.25) is 10.2 Å². The van der Waals surface area contributed by atoms with Crippen molar-refractivity contribution in [3.05, 3.63) is 96.3 Å². The van der Waals surface area contributed by atoms with Crippen molar-refractivity contribution in [3.63, 3.8) is 0 Å². The molecule has 1 aliphatic heterocycles. The molecule has 0 aromatic heterocycles. The molecule has 0 unspecified atom stereocenters. The zero-order chi connectivity index (χ0) is 25.2. The van der Waals surface area contributed by atoms with Crippen LogP contribution in [0.1, 0.15) is 24.8 Å². The van der Waals surface area contributed by atoms with Gasteiger partial charge in [0.15, 0.2) is 0 Å². The van der Waals surface area contributed by atoms with Crippen LogP contribution in [0.2, 0.25) is 0 Å². The van der Waals surface area contributed by atoms with Crippen molar-refractivity contribution < 1.29 is 47.1 Å². The summed E-state index contributed by atoms with van der Waals surface area (Å²) in [5.41, 5.74) is 7.58. The molecular weight excluding hydrogens is 541 g/mol. The first kappa shape index (κ1) is 29.0. The summed E-state index contributed by atoms with van der Waals surface area (Å²) in [5.74, 6) is 0. The van der Waals surface area contributed by atoms with Gasteiger partial charge in [0.2, 0.25) is 6.54 Å². The number of hydrogen-bond acceptors (Lipinski definition) is 4. The van der Waals surface area contributed by atoms with Crippen molar-refractivity contribution >= 4 is 17.5 Å². The molecule has 1 saturated heterocycles. The van der Waals surface area contributed by atoms with Gasteiger partial charge >= 0.3 is 6.09 Å². The second kappa shape index (κ2) is 15.0. The van der Waals surface area contributed by atoms with E-state index < -0.39 is 6.09 Å². The Balaban J connectivity index is 0.00000380. The fourth-order valence-corrected chi connectivity index (χ4v) is 4.44. The van der Waals surface area contributed by atoms with Gasteiger partial charge in [0.1, 0.15) is 16.7 Å². The van der Waals surface area contributed by atoms with Gasteiger partial charge in [0.05, 0.1) is 17.1 Å². The number of likely N-dealkylation sites (tertiary alicyclic amines) is 1. The standard InChI is InChI=1S/C29H34N4O3.Y/c1-2-9-23-10-8-13-25(22-23)31-33(35)21-20-32-18-16-26(17-19-32)36-29(34)30-28-15-7-6-14-27(28)24-11-4-3-5-12-24;/h3-8,10-15,22,26H,1-2,9,16-21H2,(H,30,34)(H,31,35);. The van der Waals surface area contributed by atoms with Gasteiger partial charge < -0.3 is 11.7 Å². The van der Waals surface area contributed by atoms with Crippen LogP contribution in [0.4, 0.5) is 16.2 Å². The number of nitroso groups, excluding NO2 is 1. The van der Waals surface area contributed by atoms with Crippen LogP contribution in [0.5, 0.6) is 0 Å². The number of anilines is 2. The summed E-state index contributed by atoms with van der Waals surface area (Å²) in [6.07, 6.45) is 2.63. The molecule has 0 aliphatic carbocycles. The number of ether oxygens (including phenoxy) is 1. The summed E-state index contributed by atoms with van der Waals surface area (Å²) in [6, 6.07) is 25.5. The van der Waals surface area contributed by atoms with E-state index in [0.29, 0.717) is 13.1 Å². The second-order valence-corrected chi connectivity index (χ2v) is 9.00. The van der Waals surface area contributed by atoms with E-state index in [4.69, 9.17) is 4.74 Å². The third-order valence-corrected chi connectivity index (χ3v) is 6.32. The van der Waals surface area contributed by atoms with Crippen LogP contribution < -0.4 is 10.7 Å². The summed E-state index contributed by atoms with van der Waals surface area (Å²) in [5, 5.41) is 2.91. The normalized spacial score (nSPS) is 13.9. The molecule has 2 N–H and O–H groups in total. The van der Waals surface area contributed by atoms with Crippen molar-refractivity contribution in [2.24, 2.45) is 0 Å². The van der Waals surface area contributed by atoms with Crippen LogP contribution in [0.15, 0.2) is 78.9 Å². The molecule has 4 rings (SSSR count). The minimum Gasteiger partial charge on any atom is -0.446 e. The number of piperidine rings is 1. The smallest absolute Gasteiger partial charge is 0.411 e. The number of nitrogens with one attached hydrogen (secondary N) is 2. The van der Waals surface area contributed by atoms with E-state index in [2.05, 4.69) is 22.6 Å². The number of amides is 1. The van der Waals surface area contributed by atoms with Crippen molar-refractivity contribution in [1.82, 2.24) is 4.90 Å². The van der Waals surface area contributed by atoms with Crippen molar-refractivity contribution in [1.29, 1.82) is 0 Å². The second-order valence-electron chi connectivity index (χ2n) is 9.00. The number of hydrogen-bond donors (Lipinski definition) is 2. The number of aryl methyl sites for hydroxylation is 1. The average Bonchev–Trinajstić information content (AvgIpc) is 2.89. The maximum Gasteiger partial charge on any atom is 0.411 e. The largest absolute Gasteiger partial charge is 0.446 e. The minimum absolute atomic E-state index is 0. The molecule has 0 bridgehead atoms. The molecule has 1 aliphatic rings. The van der Waals surface area contributed by atoms with E-state index in [1.54, 1.807) is 0 Å². The molecule has 7 nitrogen and oxygen atoms in total. The van der Waals surface area contributed by atoms with E-state index >= 15 is 0 Å². The van der Waals surface area contributed by atoms with E-state index in [9.17, 15) is 9.70 Å². The Hall–Kier alpha value is -2.61. The molecule has 8 heteroatoms. The molecule has 1 amide bonds. The van der Waals surface area contributed by atoms with Gasteiger partial charge in [0, 0.05) is 51.4 Å². The number of para-hydroxylation sites is 1. The third kappa shape index (κ3) is 9.02. The quantitative estimate of drug-likeness (QED) is 0.178. The Bertz CT molecular complexity index is 1150. The summed E-state index contributed by atoms with van der Waals surface area (Å²) < 4.78 is 5.70. The van der Waals surface area contributed by atoms with Gasteiger partial charge in [0.25, 0.3) is 0 Å². The van der Waals surface area contributed by atoms with Crippen LogP contribution >= 0.6 is 0 Å². The van der Waals surface area contributed by atoms with Crippen LogP contribution in [0.3, 0.4) is 0 Å². The molecule has 0 saturated carbocycles. The number of carbonyl (C=O) groups excluding carboxylic acids is 1. The molecule has 191 valence electrons. The predicted octanol–water partition coefficient (Wildman–Crippen LogP) is 5.94. The van der Waals surface area contributed by atoms with E-state index in [1.807, 2.05) is 78.9 Å². The summed E-state index contributed by atoms with van der Waals surface area (Å²) in [4.78, 5) is 28.0. The van der Waals surface area contributed by atoms with Crippen LogP contribution in [-0.4, -0.2) is 48.1 Å². The molecule has 1 heterocycles. The van der Waals surface area contributed by atoms with Gasteiger partial charge in [-0.2, -0.15) is 6.42 Å². The van der Waals surface area contributed by atoms with E-state index in [-0.39, 0.29) is 38.8 Å². The van der Waals surface area contributed by atoms with Gasteiger partial charge in [-0.05, 0) is 42.2 Å². The topological polar surface area (TPSA) is 73.7 Å². The minimum atomic E-state index is -0.437. The Kier molecular flexibility index (Phi) is 11.7. The predicted molar refractivity (Wildman–Crippen MR) is 144 cm³/mol. The zero-order valence-electron chi connectivity index (χ0n) is 21.1. The maximum atomic E-state index is 12.6. The molecule has 0 atom stereocenters. The first-order chi connectivity index (χ1) is 17.6. The molecule has 3 aromatic rings. The first-order valence-corrected chi connectivity index (χ1v) is 12.5. The number of nitrogens with zero attached hydrogens (tertiary/aromatic N) is 2. The first-order valence-electron chi connectivity index (χ1n) is 12.5. The molecule has 37 heavy (non-hydrogen) atoms. The van der Waals surface area contributed by atoms with Gasteiger partial charge in [-0.1, -0.05) is 67.1 Å². The van der Waals surface area contributed by atoms with Crippen molar-refractivity contribution in [2.75, 3.05) is 36.9 Å². The van der Waals surface area contributed by atoms with Crippen LogP contribution in [-0.2, 0) is 43.9 Å². The summed E-state index contributed by atoms with van der Waals surface area (Å²) in [7, 11) is 0. The molecule has 0 spiro atoms. The summed E-state index contributed by atoms with van der Waals surface area (Å²) >= 11 is 0. The Morgan fingerprint density at radius 3 is 2.49 bits per heavy atom. The van der Waals surface area contributed by atoms with Gasteiger partial charge in [-0.25, -0.2) is 4.79 Å². The van der Waals surface area contributed by atoms with E-state index in [1.165, 1.54) is 0 Å². The number of benzene rings is 3. The van der Waals surface area contributed by atoms with Gasteiger partial charge in [-0.15, -0.1) is 5.43 Å². The molecule has 1 radical (unpaired) electrons. The number of hydrazine groups is 1. The Morgan fingerprint density at radius 1 is 1.00 bits per heavy atom. The third-order valence-electron chi connectivity index (χ3n) is 6.32. The molecular formula is C29H34N4O3Y. The molecule has 3 aromatic carbocycles. The number of rotatable bonds is 10. The monoisotopic (exact) mass is 575 g/mol. The SMILES string of the molecule is [CH2-]CCc1cccc(N[N+](=O)CCN2CCC(OC(=O)Nc3ccccc3-c3ccccc3)CC2)c1.[Y]. The number of carbonyl (C=O) groups is 1. The average molecular weight is 576 g/mol. The zero-order valence-corrected chi connectivity index (χ0v) is 24.0. The summed E-state index contributed by atoms with van der Waals surface area (Å²) in [6.45, 7) is 6.44. The van der Waals surface area contributed by atoms with Crippen LogP contribution in [0, 0.1) is 11.8 Å². The Morgan fingerprint density at radius 2 is 1.73 bits per heavy atom.